The number of amides is 1. The monoisotopic (exact) mass is 419 g/mol. The summed E-state index contributed by atoms with van der Waals surface area (Å²) >= 11 is 0. The number of nitrogens with one attached hydrogen (secondary N) is 2. The van der Waals surface area contributed by atoms with Crippen LogP contribution >= 0.6 is 0 Å². The van der Waals surface area contributed by atoms with Crippen molar-refractivity contribution in [3.8, 4) is 0 Å². The zero-order valence-corrected chi connectivity index (χ0v) is 18.2. The Hall–Kier alpha value is -2.02. The number of alkyl carbamates (subject to hydrolysis) is 1. The van der Waals surface area contributed by atoms with Crippen molar-refractivity contribution in [2.75, 3.05) is 29.9 Å². The lowest BCUT2D eigenvalue weighted by atomic mass is 9.86. The minimum absolute atomic E-state index is 0.174. The van der Waals surface area contributed by atoms with Gasteiger partial charge in [-0.25, -0.2) is 9.18 Å². The average Bonchev–Trinajstić information content (AvgIpc) is 2.65. The van der Waals surface area contributed by atoms with Gasteiger partial charge in [0.2, 0.25) is 0 Å². The standard InChI is InChI=1S/C23H34FN3O3/c1-23(2,3)30-22(28)26-16-6-4-15(5-7-16)12-25-17-8-9-21(20(24)10-17)27-13-18-11-19(14-27)29-18/h8-10,15-16,18-19,25H,4-7,11-14H2,1-3H3,(H,26,28). The van der Waals surface area contributed by atoms with Gasteiger partial charge in [0.1, 0.15) is 11.4 Å². The zero-order chi connectivity index (χ0) is 21.3. The molecule has 3 saturated heterocycles. The maximum atomic E-state index is 14.7. The predicted octanol–water partition coefficient (Wildman–Crippen LogP) is 4.30. The molecule has 1 aliphatic carbocycles. The fourth-order valence-electron chi connectivity index (χ4n) is 4.67. The Morgan fingerprint density at radius 2 is 1.87 bits per heavy atom. The molecule has 5 rings (SSSR count). The summed E-state index contributed by atoms with van der Waals surface area (Å²) < 4.78 is 25.6. The minimum atomic E-state index is -0.474. The van der Waals surface area contributed by atoms with Crippen LogP contribution in [0.1, 0.15) is 52.9 Å². The molecule has 1 aromatic carbocycles. The van der Waals surface area contributed by atoms with Gasteiger partial charge in [0, 0.05) is 37.8 Å². The van der Waals surface area contributed by atoms with Gasteiger partial charge in [0.15, 0.2) is 0 Å². The fraction of sp³-hybridized carbons (Fsp3) is 0.696. The van der Waals surface area contributed by atoms with Crippen LogP contribution in [-0.2, 0) is 9.47 Å². The van der Waals surface area contributed by atoms with Crippen molar-refractivity contribution in [1.29, 1.82) is 0 Å². The third-order valence-corrected chi connectivity index (χ3v) is 6.21. The van der Waals surface area contributed by atoms with E-state index in [1.54, 1.807) is 6.07 Å². The van der Waals surface area contributed by atoms with Crippen LogP contribution in [0.4, 0.5) is 20.6 Å². The first-order valence-electron chi connectivity index (χ1n) is 11.2. The third-order valence-electron chi connectivity index (χ3n) is 6.21. The molecule has 7 heteroatoms. The van der Waals surface area contributed by atoms with Gasteiger partial charge < -0.3 is 25.0 Å². The molecule has 6 nitrogen and oxygen atoms in total. The summed E-state index contributed by atoms with van der Waals surface area (Å²) in [7, 11) is 0. The van der Waals surface area contributed by atoms with Crippen molar-refractivity contribution in [3.63, 3.8) is 0 Å². The van der Waals surface area contributed by atoms with Crippen molar-refractivity contribution in [1.82, 2.24) is 5.32 Å². The van der Waals surface area contributed by atoms with Crippen LogP contribution in [0.2, 0.25) is 0 Å². The number of ether oxygens (including phenoxy) is 2. The van der Waals surface area contributed by atoms with Gasteiger partial charge in [-0.15, -0.1) is 0 Å². The Kier molecular flexibility index (Phi) is 6.09. The Balaban J connectivity index is 1.20. The Morgan fingerprint density at radius 1 is 1.20 bits per heavy atom. The van der Waals surface area contributed by atoms with E-state index in [1.807, 2.05) is 32.9 Å². The summed E-state index contributed by atoms with van der Waals surface area (Å²) in [5, 5.41) is 6.37. The smallest absolute Gasteiger partial charge is 0.407 e. The second-order valence-corrected chi connectivity index (χ2v) is 9.93. The van der Waals surface area contributed by atoms with Gasteiger partial charge in [0.25, 0.3) is 0 Å². The van der Waals surface area contributed by atoms with Gasteiger partial charge in [-0.1, -0.05) is 0 Å². The first kappa shape index (κ1) is 21.2. The Bertz CT molecular complexity index is 743. The third kappa shape index (κ3) is 5.36. The second-order valence-electron chi connectivity index (χ2n) is 9.93. The fourth-order valence-corrected chi connectivity index (χ4v) is 4.67. The summed E-state index contributed by atoms with van der Waals surface area (Å²) in [6.45, 7) is 7.98. The molecule has 0 radical (unpaired) electrons. The summed E-state index contributed by atoms with van der Waals surface area (Å²) in [5.74, 6) is 0.349. The molecule has 2 bridgehead atoms. The van der Waals surface area contributed by atoms with Gasteiger partial charge in [-0.05, 0) is 70.6 Å². The van der Waals surface area contributed by atoms with Gasteiger partial charge >= 0.3 is 6.09 Å². The normalized spacial score (nSPS) is 28.5. The number of anilines is 2. The summed E-state index contributed by atoms with van der Waals surface area (Å²) in [6, 6.07) is 5.62. The highest BCUT2D eigenvalue weighted by atomic mass is 19.1. The molecule has 2 unspecified atom stereocenters. The van der Waals surface area contributed by atoms with Gasteiger partial charge in [-0.2, -0.15) is 0 Å². The van der Waals surface area contributed by atoms with Gasteiger partial charge in [0.05, 0.1) is 17.9 Å². The largest absolute Gasteiger partial charge is 0.444 e. The molecule has 0 aromatic heterocycles. The zero-order valence-electron chi connectivity index (χ0n) is 18.2. The summed E-state index contributed by atoms with van der Waals surface area (Å²) in [6.07, 6.45) is 5.25. The second kappa shape index (κ2) is 8.61. The van der Waals surface area contributed by atoms with Crippen LogP contribution in [0.25, 0.3) is 0 Å². The molecule has 1 amide bonds. The quantitative estimate of drug-likeness (QED) is 0.745. The highest BCUT2D eigenvalue weighted by molar-refractivity contribution is 5.68. The van der Waals surface area contributed by atoms with Crippen molar-refractivity contribution >= 4 is 17.5 Å². The van der Waals surface area contributed by atoms with E-state index in [1.165, 1.54) is 0 Å². The first-order valence-corrected chi connectivity index (χ1v) is 11.2. The summed E-state index contributed by atoms with van der Waals surface area (Å²) in [5.41, 5.74) is 1.02. The lowest BCUT2D eigenvalue weighted by molar-refractivity contribution is -0.133. The highest BCUT2D eigenvalue weighted by Gasteiger charge is 2.39. The van der Waals surface area contributed by atoms with Crippen molar-refractivity contribution < 1.29 is 18.7 Å². The Morgan fingerprint density at radius 3 is 2.47 bits per heavy atom. The predicted molar refractivity (Wildman–Crippen MR) is 115 cm³/mol. The number of morpholine rings is 1. The molecular formula is C23H34FN3O3. The molecule has 3 heterocycles. The lowest BCUT2D eigenvalue weighted by Gasteiger charge is -2.48. The molecule has 1 aromatic rings. The lowest BCUT2D eigenvalue weighted by Crippen LogP contribution is -2.57. The molecule has 2 atom stereocenters. The molecule has 30 heavy (non-hydrogen) atoms. The number of rotatable bonds is 5. The highest BCUT2D eigenvalue weighted by Crippen LogP contribution is 2.33. The van der Waals surface area contributed by atoms with E-state index in [2.05, 4.69) is 15.5 Å². The molecule has 1 saturated carbocycles. The summed E-state index contributed by atoms with van der Waals surface area (Å²) in [4.78, 5) is 14.0. The molecule has 4 aliphatic rings. The van der Waals surface area contributed by atoms with Crippen LogP contribution in [-0.4, -0.2) is 49.6 Å². The molecule has 0 spiro atoms. The number of hydrogen-bond donors (Lipinski definition) is 2. The Labute approximate surface area is 178 Å². The number of halogens is 1. The number of fused-ring (bicyclic) bond motifs is 2. The SMILES string of the molecule is CC(C)(C)OC(=O)NC1CCC(CNc2ccc(N3CC4CC(C3)O4)c(F)c2)CC1. The molecular weight excluding hydrogens is 385 g/mol. The van der Waals surface area contributed by atoms with Crippen LogP contribution in [0, 0.1) is 11.7 Å². The number of nitrogens with zero attached hydrogens (tertiary/aromatic N) is 1. The van der Waals surface area contributed by atoms with Crippen LogP contribution in [0.3, 0.4) is 0 Å². The van der Waals surface area contributed by atoms with E-state index in [9.17, 15) is 9.18 Å². The van der Waals surface area contributed by atoms with E-state index in [0.717, 1.165) is 57.4 Å². The molecule has 2 N–H and O–H groups in total. The average molecular weight is 420 g/mol. The number of carbonyl (C=O) groups excluding carboxylic acids is 1. The maximum absolute atomic E-state index is 14.7. The minimum Gasteiger partial charge on any atom is -0.444 e. The van der Waals surface area contributed by atoms with Crippen LogP contribution in [0.5, 0.6) is 0 Å². The first-order chi connectivity index (χ1) is 14.2. The number of benzene rings is 1. The van der Waals surface area contributed by atoms with E-state index in [-0.39, 0.29) is 30.2 Å². The number of carbonyl (C=O) groups is 1. The van der Waals surface area contributed by atoms with Crippen molar-refractivity contribution in [2.45, 2.75) is 76.7 Å². The van der Waals surface area contributed by atoms with Crippen molar-refractivity contribution in [3.05, 3.63) is 24.0 Å². The van der Waals surface area contributed by atoms with Gasteiger partial charge in [-0.3, -0.25) is 0 Å². The van der Waals surface area contributed by atoms with E-state index >= 15 is 0 Å². The molecule has 4 fully saturated rings. The number of piperidine rings is 1. The topological polar surface area (TPSA) is 62.8 Å². The van der Waals surface area contributed by atoms with E-state index < -0.39 is 5.60 Å². The molecule has 166 valence electrons. The van der Waals surface area contributed by atoms with Crippen LogP contribution < -0.4 is 15.5 Å². The van der Waals surface area contributed by atoms with E-state index in [4.69, 9.17) is 9.47 Å². The van der Waals surface area contributed by atoms with Crippen LogP contribution in [0.15, 0.2) is 18.2 Å². The maximum Gasteiger partial charge on any atom is 0.407 e. The van der Waals surface area contributed by atoms with Crippen molar-refractivity contribution in [2.24, 2.45) is 5.92 Å². The number of hydrogen-bond acceptors (Lipinski definition) is 5. The molecule has 3 aliphatic heterocycles. The van der Waals surface area contributed by atoms with E-state index in [0.29, 0.717) is 11.6 Å².